The Morgan fingerprint density at radius 3 is 2.55 bits per heavy atom. The molecule has 1 aromatic heterocycles. The van der Waals surface area contributed by atoms with Crippen molar-refractivity contribution in [2.75, 3.05) is 6.54 Å². The van der Waals surface area contributed by atoms with Crippen LogP contribution >= 0.6 is 0 Å². The largest absolute Gasteiger partial charge is 0.348 e. The number of amides is 1. The highest BCUT2D eigenvalue weighted by Gasteiger charge is 2.26. The standard InChI is InChI=1S/C17H23N3O2/c1-3-17(4-2,12-18)19-16(22)11-20-10-9-15(21)13-7-5-6-8-14(13)20/h5-10H,3-4,11-12,18H2,1-2H3,(H,19,22). The summed E-state index contributed by atoms with van der Waals surface area (Å²) in [6.45, 7) is 4.62. The van der Waals surface area contributed by atoms with Crippen molar-refractivity contribution in [3.8, 4) is 0 Å². The second kappa shape index (κ2) is 6.75. The minimum Gasteiger partial charge on any atom is -0.348 e. The molecule has 118 valence electrons. The molecule has 0 aliphatic heterocycles. The van der Waals surface area contributed by atoms with Crippen LogP contribution < -0.4 is 16.5 Å². The van der Waals surface area contributed by atoms with E-state index in [-0.39, 0.29) is 23.4 Å². The average Bonchev–Trinajstić information content (AvgIpc) is 2.56. The molecular weight excluding hydrogens is 278 g/mol. The van der Waals surface area contributed by atoms with Crippen molar-refractivity contribution in [2.45, 2.75) is 38.8 Å². The maximum absolute atomic E-state index is 12.4. The minimum absolute atomic E-state index is 0.0364. The number of benzene rings is 1. The minimum atomic E-state index is -0.355. The van der Waals surface area contributed by atoms with E-state index >= 15 is 0 Å². The van der Waals surface area contributed by atoms with E-state index in [1.807, 2.05) is 32.0 Å². The first kappa shape index (κ1) is 16.2. The molecule has 0 aliphatic carbocycles. The van der Waals surface area contributed by atoms with Crippen molar-refractivity contribution in [3.05, 3.63) is 46.8 Å². The normalized spacial score (nSPS) is 11.6. The van der Waals surface area contributed by atoms with Gasteiger partial charge in [0.15, 0.2) is 5.43 Å². The summed E-state index contributed by atoms with van der Waals surface area (Å²) in [4.78, 5) is 24.2. The number of pyridine rings is 1. The summed E-state index contributed by atoms with van der Waals surface area (Å²) in [5.41, 5.74) is 6.19. The van der Waals surface area contributed by atoms with E-state index < -0.39 is 0 Å². The molecule has 0 radical (unpaired) electrons. The van der Waals surface area contributed by atoms with Gasteiger partial charge in [-0.05, 0) is 25.0 Å². The summed E-state index contributed by atoms with van der Waals surface area (Å²) in [5, 5.41) is 3.66. The molecule has 1 heterocycles. The first-order valence-electron chi connectivity index (χ1n) is 7.64. The molecule has 0 fully saturated rings. The van der Waals surface area contributed by atoms with Gasteiger partial charge in [0.1, 0.15) is 6.54 Å². The van der Waals surface area contributed by atoms with Gasteiger partial charge in [0, 0.05) is 24.2 Å². The topological polar surface area (TPSA) is 77.1 Å². The van der Waals surface area contributed by atoms with Crippen LogP contribution in [0.5, 0.6) is 0 Å². The quantitative estimate of drug-likeness (QED) is 0.851. The number of para-hydroxylation sites is 1. The fourth-order valence-electron chi connectivity index (χ4n) is 2.65. The van der Waals surface area contributed by atoms with E-state index in [1.54, 1.807) is 16.8 Å². The second-order valence-corrected chi connectivity index (χ2v) is 5.56. The van der Waals surface area contributed by atoms with Gasteiger partial charge in [0.25, 0.3) is 0 Å². The van der Waals surface area contributed by atoms with Crippen molar-refractivity contribution in [1.29, 1.82) is 0 Å². The molecule has 0 aliphatic rings. The molecule has 2 rings (SSSR count). The van der Waals surface area contributed by atoms with Crippen LogP contribution in [-0.4, -0.2) is 22.6 Å². The molecule has 0 unspecified atom stereocenters. The van der Waals surface area contributed by atoms with Gasteiger partial charge in [0.05, 0.1) is 11.1 Å². The summed E-state index contributed by atoms with van der Waals surface area (Å²) in [5.74, 6) is -0.0945. The van der Waals surface area contributed by atoms with Crippen molar-refractivity contribution in [2.24, 2.45) is 5.73 Å². The lowest BCUT2D eigenvalue weighted by Gasteiger charge is -2.31. The van der Waals surface area contributed by atoms with Crippen LogP contribution in [0.25, 0.3) is 10.9 Å². The van der Waals surface area contributed by atoms with Gasteiger partial charge in [-0.25, -0.2) is 0 Å². The lowest BCUT2D eigenvalue weighted by Crippen LogP contribution is -2.53. The molecule has 3 N–H and O–H groups in total. The van der Waals surface area contributed by atoms with Gasteiger partial charge in [-0.2, -0.15) is 0 Å². The average molecular weight is 301 g/mol. The Balaban J connectivity index is 2.26. The number of aromatic nitrogens is 1. The number of hydrogen-bond donors (Lipinski definition) is 2. The van der Waals surface area contributed by atoms with Crippen molar-refractivity contribution < 1.29 is 4.79 Å². The van der Waals surface area contributed by atoms with Gasteiger partial charge in [-0.1, -0.05) is 26.0 Å². The van der Waals surface area contributed by atoms with Gasteiger partial charge >= 0.3 is 0 Å². The van der Waals surface area contributed by atoms with Crippen LogP contribution in [-0.2, 0) is 11.3 Å². The van der Waals surface area contributed by atoms with Gasteiger partial charge in [0.2, 0.25) is 5.91 Å². The fourth-order valence-corrected chi connectivity index (χ4v) is 2.65. The zero-order chi connectivity index (χ0) is 16.2. The molecule has 0 saturated heterocycles. The Morgan fingerprint density at radius 1 is 1.23 bits per heavy atom. The molecule has 5 nitrogen and oxygen atoms in total. The summed E-state index contributed by atoms with van der Waals surface area (Å²) < 4.78 is 1.79. The molecule has 22 heavy (non-hydrogen) atoms. The van der Waals surface area contributed by atoms with Crippen LogP contribution in [0, 0.1) is 0 Å². The lowest BCUT2D eigenvalue weighted by atomic mass is 9.93. The molecule has 0 spiro atoms. The Morgan fingerprint density at radius 2 is 1.91 bits per heavy atom. The number of hydrogen-bond acceptors (Lipinski definition) is 3. The van der Waals surface area contributed by atoms with E-state index in [4.69, 9.17) is 5.73 Å². The van der Waals surface area contributed by atoms with Crippen molar-refractivity contribution in [1.82, 2.24) is 9.88 Å². The Bertz CT molecular complexity index is 709. The van der Waals surface area contributed by atoms with Gasteiger partial charge < -0.3 is 15.6 Å². The maximum atomic E-state index is 12.4. The third-order valence-corrected chi connectivity index (χ3v) is 4.35. The zero-order valence-corrected chi connectivity index (χ0v) is 13.1. The van der Waals surface area contributed by atoms with Crippen molar-refractivity contribution >= 4 is 16.8 Å². The molecule has 2 aromatic rings. The first-order chi connectivity index (χ1) is 10.5. The first-order valence-corrected chi connectivity index (χ1v) is 7.64. The molecular formula is C17H23N3O2. The van der Waals surface area contributed by atoms with E-state index in [2.05, 4.69) is 5.32 Å². The molecule has 1 amide bonds. The molecule has 5 heteroatoms. The third-order valence-electron chi connectivity index (χ3n) is 4.35. The van der Waals surface area contributed by atoms with Crippen LogP contribution in [0.4, 0.5) is 0 Å². The summed E-state index contributed by atoms with van der Waals surface area (Å²) in [6.07, 6.45) is 3.24. The Labute approximate surface area is 130 Å². The molecule has 0 saturated carbocycles. The van der Waals surface area contributed by atoms with Gasteiger partial charge in [-0.15, -0.1) is 0 Å². The molecule has 0 atom stereocenters. The highest BCUT2D eigenvalue weighted by Crippen LogP contribution is 2.14. The third kappa shape index (κ3) is 3.20. The Hall–Kier alpha value is -2.14. The van der Waals surface area contributed by atoms with Crippen LogP contribution in [0.15, 0.2) is 41.3 Å². The van der Waals surface area contributed by atoms with E-state index in [1.165, 1.54) is 6.07 Å². The monoisotopic (exact) mass is 301 g/mol. The predicted octanol–water partition coefficient (Wildman–Crippen LogP) is 1.64. The van der Waals surface area contributed by atoms with E-state index in [9.17, 15) is 9.59 Å². The van der Waals surface area contributed by atoms with Crippen LogP contribution in [0.1, 0.15) is 26.7 Å². The maximum Gasteiger partial charge on any atom is 0.240 e. The summed E-state index contributed by atoms with van der Waals surface area (Å²) >= 11 is 0. The highest BCUT2D eigenvalue weighted by molar-refractivity contribution is 5.82. The summed E-state index contributed by atoms with van der Waals surface area (Å²) in [7, 11) is 0. The smallest absolute Gasteiger partial charge is 0.240 e. The van der Waals surface area contributed by atoms with Crippen LogP contribution in [0.3, 0.4) is 0 Å². The van der Waals surface area contributed by atoms with E-state index in [0.29, 0.717) is 11.9 Å². The number of carbonyl (C=O) groups is 1. The lowest BCUT2D eigenvalue weighted by molar-refractivity contribution is -0.123. The van der Waals surface area contributed by atoms with E-state index in [0.717, 1.165) is 18.4 Å². The molecule has 1 aromatic carbocycles. The summed E-state index contributed by atoms with van der Waals surface area (Å²) in [6, 6.07) is 8.79. The highest BCUT2D eigenvalue weighted by atomic mass is 16.2. The van der Waals surface area contributed by atoms with Gasteiger partial charge in [-0.3, -0.25) is 9.59 Å². The number of nitrogens with one attached hydrogen (secondary N) is 1. The van der Waals surface area contributed by atoms with Crippen LogP contribution in [0.2, 0.25) is 0 Å². The fraction of sp³-hybridized carbons (Fsp3) is 0.412. The predicted molar refractivity (Wildman–Crippen MR) is 88.7 cm³/mol. The zero-order valence-electron chi connectivity index (χ0n) is 13.1. The number of rotatable bonds is 6. The Kier molecular flexibility index (Phi) is 4.98. The number of nitrogens with two attached hydrogens (primary N) is 1. The number of nitrogens with zero attached hydrogens (tertiary/aromatic N) is 1. The molecule has 0 bridgehead atoms. The van der Waals surface area contributed by atoms with Crippen molar-refractivity contribution in [3.63, 3.8) is 0 Å². The number of carbonyl (C=O) groups excluding carboxylic acids is 1. The SMILES string of the molecule is CCC(CC)(CN)NC(=O)Cn1ccc(=O)c2ccccc21. The number of fused-ring (bicyclic) bond motifs is 1. The second-order valence-electron chi connectivity index (χ2n) is 5.56.